The summed E-state index contributed by atoms with van der Waals surface area (Å²) in [5, 5.41) is 21.9. The van der Waals surface area contributed by atoms with Crippen molar-refractivity contribution in [2.24, 2.45) is 5.41 Å². The molecule has 0 radical (unpaired) electrons. The third-order valence-electron chi connectivity index (χ3n) is 2.51. The van der Waals surface area contributed by atoms with E-state index in [1.165, 1.54) is 0 Å². The number of aromatic nitrogens is 1. The molecule has 1 amide bonds. The molecule has 19 heavy (non-hydrogen) atoms. The van der Waals surface area contributed by atoms with Gasteiger partial charge in [0.2, 0.25) is 0 Å². The molecule has 0 aliphatic rings. The van der Waals surface area contributed by atoms with Crippen LogP contribution in [0.15, 0.2) is 12.3 Å². The number of H-pyrrole nitrogens is 1. The molecule has 0 aromatic carbocycles. The number of carboxylic acids is 1. The van der Waals surface area contributed by atoms with Crippen LogP contribution in [0.25, 0.3) is 0 Å². The van der Waals surface area contributed by atoms with Crippen molar-refractivity contribution in [3.05, 3.63) is 28.1 Å². The number of nitro groups is 1. The van der Waals surface area contributed by atoms with Crippen molar-refractivity contribution in [2.75, 3.05) is 0 Å². The highest BCUT2D eigenvalue weighted by Crippen LogP contribution is 2.20. The standard InChI is InChI=1S/C11H15N3O5/c1-11(2,3)8(10(16)17)13-9(15)7-4-6(5-12-7)14(18)19/h4-5,8,12H,1-3H3,(H,13,15)(H,16,17). The van der Waals surface area contributed by atoms with Crippen LogP contribution in [-0.4, -0.2) is 32.9 Å². The van der Waals surface area contributed by atoms with Gasteiger partial charge >= 0.3 is 5.97 Å². The lowest BCUT2D eigenvalue weighted by atomic mass is 9.86. The number of aliphatic carboxylic acids is 1. The Kier molecular flexibility index (Phi) is 3.93. The Morgan fingerprint density at radius 2 is 2.05 bits per heavy atom. The van der Waals surface area contributed by atoms with E-state index in [9.17, 15) is 19.7 Å². The summed E-state index contributed by atoms with van der Waals surface area (Å²) in [6, 6.07) is -0.0426. The Morgan fingerprint density at radius 3 is 2.42 bits per heavy atom. The highest BCUT2D eigenvalue weighted by molar-refractivity contribution is 5.95. The largest absolute Gasteiger partial charge is 0.480 e. The van der Waals surface area contributed by atoms with Crippen molar-refractivity contribution in [1.29, 1.82) is 0 Å². The fourth-order valence-electron chi connectivity index (χ4n) is 1.48. The number of carboxylic acid groups (broad SMARTS) is 1. The SMILES string of the molecule is CC(C)(C)C(NC(=O)c1cc([N+](=O)[O-])c[nH]1)C(=O)O. The van der Waals surface area contributed by atoms with Gasteiger partial charge in [0, 0.05) is 6.07 Å². The molecule has 1 aromatic rings. The van der Waals surface area contributed by atoms with Gasteiger partial charge in [0.15, 0.2) is 0 Å². The molecule has 8 nitrogen and oxygen atoms in total. The Hall–Kier alpha value is -2.38. The average molecular weight is 269 g/mol. The number of rotatable bonds is 4. The molecule has 1 rings (SSSR count). The van der Waals surface area contributed by atoms with Crippen LogP contribution in [0, 0.1) is 15.5 Å². The monoisotopic (exact) mass is 269 g/mol. The summed E-state index contributed by atoms with van der Waals surface area (Å²) in [5.41, 5.74) is -0.991. The minimum Gasteiger partial charge on any atom is -0.480 e. The van der Waals surface area contributed by atoms with E-state index in [1.807, 2.05) is 0 Å². The number of carbonyl (C=O) groups excluding carboxylic acids is 1. The first-order chi connectivity index (χ1) is 8.62. The molecule has 0 saturated heterocycles. The lowest BCUT2D eigenvalue weighted by Gasteiger charge is -2.27. The smallest absolute Gasteiger partial charge is 0.326 e. The van der Waals surface area contributed by atoms with Crippen LogP contribution in [-0.2, 0) is 4.79 Å². The van der Waals surface area contributed by atoms with Gasteiger partial charge in [-0.25, -0.2) is 4.79 Å². The van der Waals surface area contributed by atoms with Crippen LogP contribution in [0.4, 0.5) is 5.69 Å². The second kappa shape index (κ2) is 5.09. The Morgan fingerprint density at radius 1 is 1.47 bits per heavy atom. The molecule has 1 atom stereocenters. The number of nitrogens with zero attached hydrogens (tertiary/aromatic N) is 1. The van der Waals surface area contributed by atoms with E-state index in [2.05, 4.69) is 10.3 Å². The van der Waals surface area contributed by atoms with Crippen LogP contribution in [0.3, 0.4) is 0 Å². The van der Waals surface area contributed by atoms with E-state index in [4.69, 9.17) is 5.11 Å². The first-order valence-electron chi connectivity index (χ1n) is 5.49. The summed E-state index contributed by atoms with van der Waals surface area (Å²) in [6.45, 7) is 5.01. The number of nitrogens with one attached hydrogen (secondary N) is 2. The van der Waals surface area contributed by atoms with Crippen LogP contribution in [0.5, 0.6) is 0 Å². The normalized spacial score (nSPS) is 12.8. The maximum atomic E-state index is 11.8. The van der Waals surface area contributed by atoms with Gasteiger partial charge in [-0.05, 0) is 5.41 Å². The van der Waals surface area contributed by atoms with Crippen molar-refractivity contribution in [3.8, 4) is 0 Å². The summed E-state index contributed by atoms with van der Waals surface area (Å²) in [4.78, 5) is 35.2. The number of hydrogen-bond acceptors (Lipinski definition) is 4. The quantitative estimate of drug-likeness (QED) is 0.558. The van der Waals surface area contributed by atoms with Gasteiger partial charge in [-0.2, -0.15) is 0 Å². The molecule has 1 aromatic heterocycles. The zero-order valence-corrected chi connectivity index (χ0v) is 10.8. The van der Waals surface area contributed by atoms with Crippen molar-refractivity contribution >= 4 is 17.6 Å². The average Bonchev–Trinajstić information content (AvgIpc) is 2.72. The van der Waals surface area contributed by atoms with Gasteiger partial charge in [0.25, 0.3) is 11.6 Å². The predicted octanol–water partition coefficient (Wildman–Crippen LogP) is 1.15. The fourth-order valence-corrected chi connectivity index (χ4v) is 1.48. The second-order valence-corrected chi connectivity index (χ2v) is 5.14. The van der Waals surface area contributed by atoms with Gasteiger partial charge < -0.3 is 15.4 Å². The lowest BCUT2D eigenvalue weighted by molar-refractivity contribution is -0.384. The summed E-state index contributed by atoms with van der Waals surface area (Å²) in [7, 11) is 0. The van der Waals surface area contributed by atoms with Crippen LogP contribution in [0.1, 0.15) is 31.3 Å². The van der Waals surface area contributed by atoms with E-state index >= 15 is 0 Å². The van der Waals surface area contributed by atoms with Crippen LogP contribution in [0.2, 0.25) is 0 Å². The topological polar surface area (TPSA) is 125 Å². The molecule has 0 saturated carbocycles. The first-order valence-corrected chi connectivity index (χ1v) is 5.49. The van der Waals surface area contributed by atoms with Crippen LogP contribution >= 0.6 is 0 Å². The molecule has 1 unspecified atom stereocenters. The van der Waals surface area contributed by atoms with Gasteiger partial charge in [-0.1, -0.05) is 20.8 Å². The Balaban J connectivity index is 2.88. The minimum absolute atomic E-state index is 0.0535. The third kappa shape index (κ3) is 3.54. The molecule has 0 bridgehead atoms. The molecule has 8 heteroatoms. The van der Waals surface area contributed by atoms with Crippen molar-refractivity contribution in [3.63, 3.8) is 0 Å². The maximum absolute atomic E-state index is 11.8. The van der Waals surface area contributed by atoms with E-state index < -0.39 is 28.3 Å². The molecule has 1 heterocycles. The van der Waals surface area contributed by atoms with Crippen molar-refractivity contribution in [1.82, 2.24) is 10.3 Å². The lowest BCUT2D eigenvalue weighted by Crippen LogP contribution is -2.49. The Bertz CT molecular complexity index is 515. The summed E-state index contributed by atoms with van der Waals surface area (Å²) < 4.78 is 0. The minimum atomic E-state index is -1.16. The van der Waals surface area contributed by atoms with Gasteiger partial charge in [0.1, 0.15) is 11.7 Å². The van der Waals surface area contributed by atoms with Gasteiger partial charge in [-0.3, -0.25) is 14.9 Å². The van der Waals surface area contributed by atoms with E-state index in [0.29, 0.717) is 0 Å². The van der Waals surface area contributed by atoms with Gasteiger partial charge in [0.05, 0.1) is 11.1 Å². The molecule has 0 spiro atoms. The fraction of sp³-hybridized carbons (Fsp3) is 0.455. The van der Waals surface area contributed by atoms with Crippen molar-refractivity contribution < 1.29 is 19.6 Å². The van der Waals surface area contributed by atoms with E-state index in [1.54, 1.807) is 20.8 Å². The predicted molar refractivity (Wildman–Crippen MR) is 65.8 cm³/mol. The molecule has 0 aliphatic heterocycles. The number of hydrogen-bond donors (Lipinski definition) is 3. The number of amides is 1. The third-order valence-corrected chi connectivity index (χ3v) is 2.51. The maximum Gasteiger partial charge on any atom is 0.326 e. The molecule has 104 valence electrons. The second-order valence-electron chi connectivity index (χ2n) is 5.14. The molecule has 0 aliphatic carbocycles. The summed E-state index contributed by atoms with van der Waals surface area (Å²) >= 11 is 0. The van der Waals surface area contributed by atoms with Crippen LogP contribution < -0.4 is 5.32 Å². The highest BCUT2D eigenvalue weighted by Gasteiger charge is 2.33. The zero-order valence-electron chi connectivity index (χ0n) is 10.8. The number of aromatic amines is 1. The molecule has 0 fully saturated rings. The molecule has 3 N–H and O–H groups in total. The molecular formula is C11H15N3O5. The molecular weight excluding hydrogens is 254 g/mol. The number of carbonyl (C=O) groups is 2. The van der Waals surface area contributed by atoms with Gasteiger partial charge in [-0.15, -0.1) is 0 Å². The summed E-state index contributed by atoms with van der Waals surface area (Å²) in [6.07, 6.45) is 1.07. The highest BCUT2D eigenvalue weighted by atomic mass is 16.6. The zero-order chi connectivity index (χ0) is 14.8. The Labute approximate surface area is 109 Å². The van der Waals surface area contributed by atoms with E-state index in [-0.39, 0.29) is 11.4 Å². The van der Waals surface area contributed by atoms with Crippen molar-refractivity contribution in [2.45, 2.75) is 26.8 Å². The summed E-state index contributed by atoms with van der Waals surface area (Å²) in [5.74, 6) is -1.86. The van der Waals surface area contributed by atoms with E-state index in [0.717, 1.165) is 12.3 Å². The first kappa shape index (κ1) is 14.7.